The normalized spacial score (nSPS) is 19.7. The Kier molecular flexibility index (Phi) is 6.71. The Morgan fingerprint density at radius 2 is 1.62 bits per heavy atom. The highest BCUT2D eigenvalue weighted by molar-refractivity contribution is 5.95. The number of methoxy groups -OCH3 is 3. The van der Waals surface area contributed by atoms with Crippen LogP contribution in [0, 0.1) is 11.8 Å². The summed E-state index contributed by atoms with van der Waals surface area (Å²) in [4.78, 5) is 26.6. The SMILES string of the molecule is COc1ccc(C(=O)OCC(=O)N2C[C@H](C)C[C@@H](C)C2)c(OC)c1OC. The maximum Gasteiger partial charge on any atom is 0.342 e. The van der Waals surface area contributed by atoms with Crippen molar-refractivity contribution >= 4 is 11.9 Å². The van der Waals surface area contributed by atoms with Gasteiger partial charge in [0.2, 0.25) is 5.75 Å². The minimum Gasteiger partial charge on any atom is -0.493 e. The fraction of sp³-hybridized carbons (Fsp3) is 0.579. The van der Waals surface area contributed by atoms with E-state index in [0.29, 0.717) is 36.4 Å². The van der Waals surface area contributed by atoms with E-state index in [1.165, 1.54) is 27.4 Å². The van der Waals surface area contributed by atoms with E-state index >= 15 is 0 Å². The number of carbonyl (C=O) groups excluding carboxylic acids is 2. The third-order valence-electron chi connectivity index (χ3n) is 4.47. The zero-order valence-corrected chi connectivity index (χ0v) is 16.0. The van der Waals surface area contributed by atoms with E-state index < -0.39 is 5.97 Å². The van der Waals surface area contributed by atoms with Gasteiger partial charge in [-0.25, -0.2) is 4.79 Å². The van der Waals surface area contributed by atoms with Gasteiger partial charge in [0.15, 0.2) is 18.1 Å². The molecule has 0 bridgehead atoms. The van der Waals surface area contributed by atoms with Gasteiger partial charge in [-0.05, 0) is 30.4 Å². The minimum absolute atomic E-state index is 0.179. The summed E-state index contributed by atoms with van der Waals surface area (Å²) in [5.41, 5.74) is 0.179. The van der Waals surface area contributed by atoms with E-state index in [4.69, 9.17) is 18.9 Å². The number of amides is 1. The van der Waals surface area contributed by atoms with Gasteiger partial charge in [-0.15, -0.1) is 0 Å². The summed E-state index contributed by atoms with van der Waals surface area (Å²) < 4.78 is 21.0. The molecular weight excluding hydrogens is 338 g/mol. The zero-order valence-electron chi connectivity index (χ0n) is 16.0. The average Bonchev–Trinajstić information content (AvgIpc) is 2.63. The molecule has 1 heterocycles. The number of rotatable bonds is 6. The first-order valence-electron chi connectivity index (χ1n) is 8.65. The number of hydrogen-bond donors (Lipinski definition) is 0. The number of ether oxygens (including phenoxy) is 4. The van der Waals surface area contributed by atoms with Crippen LogP contribution in [0.15, 0.2) is 12.1 Å². The summed E-state index contributed by atoms with van der Waals surface area (Å²) in [6, 6.07) is 3.12. The van der Waals surface area contributed by atoms with Crippen molar-refractivity contribution in [3.63, 3.8) is 0 Å². The lowest BCUT2D eigenvalue weighted by Crippen LogP contribution is -2.44. The summed E-state index contributed by atoms with van der Waals surface area (Å²) in [7, 11) is 4.38. The van der Waals surface area contributed by atoms with Crippen LogP contribution in [0.5, 0.6) is 17.2 Å². The largest absolute Gasteiger partial charge is 0.493 e. The monoisotopic (exact) mass is 365 g/mol. The number of likely N-dealkylation sites (tertiary alicyclic amines) is 1. The van der Waals surface area contributed by atoms with Gasteiger partial charge in [-0.3, -0.25) is 4.79 Å². The first-order chi connectivity index (χ1) is 12.4. The molecule has 0 radical (unpaired) electrons. The number of esters is 1. The molecule has 1 aliphatic heterocycles. The molecule has 0 saturated carbocycles. The van der Waals surface area contributed by atoms with Gasteiger partial charge in [0.1, 0.15) is 5.56 Å². The Labute approximate surface area is 154 Å². The molecular formula is C19H27NO6. The third kappa shape index (κ3) is 4.39. The van der Waals surface area contributed by atoms with Gasteiger partial charge in [0.25, 0.3) is 5.91 Å². The summed E-state index contributed by atoms with van der Waals surface area (Å²) >= 11 is 0. The molecule has 2 atom stereocenters. The fourth-order valence-electron chi connectivity index (χ4n) is 3.42. The minimum atomic E-state index is -0.644. The lowest BCUT2D eigenvalue weighted by molar-refractivity contribution is -0.137. The molecule has 0 aliphatic carbocycles. The van der Waals surface area contributed by atoms with Gasteiger partial charge in [0, 0.05) is 13.1 Å². The van der Waals surface area contributed by atoms with Crippen LogP contribution in [-0.2, 0) is 9.53 Å². The summed E-state index contributed by atoms with van der Waals surface area (Å²) in [5, 5.41) is 0. The highest BCUT2D eigenvalue weighted by atomic mass is 16.5. The quantitative estimate of drug-likeness (QED) is 0.721. The van der Waals surface area contributed by atoms with E-state index in [-0.39, 0.29) is 23.8 Å². The predicted octanol–water partition coefficient (Wildman–Crippen LogP) is 2.37. The van der Waals surface area contributed by atoms with Crippen LogP contribution >= 0.6 is 0 Å². The lowest BCUT2D eigenvalue weighted by atomic mass is 9.92. The van der Waals surface area contributed by atoms with E-state index in [0.717, 1.165) is 6.42 Å². The van der Waals surface area contributed by atoms with Crippen molar-refractivity contribution in [2.45, 2.75) is 20.3 Å². The molecule has 2 rings (SSSR count). The zero-order chi connectivity index (χ0) is 19.3. The maximum absolute atomic E-state index is 12.4. The Balaban J connectivity index is 2.07. The number of benzene rings is 1. The van der Waals surface area contributed by atoms with Crippen molar-refractivity contribution in [1.29, 1.82) is 0 Å². The Morgan fingerprint density at radius 1 is 1.00 bits per heavy atom. The molecule has 144 valence electrons. The van der Waals surface area contributed by atoms with Crippen molar-refractivity contribution in [2.75, 3.05) is 41.0 Å². The number of nitrogens with zero attached hydrogens (tertiary/aromatic N) is 1. The summed E-state index contributed by atoms with van der Waals surface area (Å²) in [6.07, 6.45) is 1.10. The second-order valence-electron chi connectivity index (χ2n) is 6.70. The molecule has 1 aliphatic rings. The van der Waals surface area contributed by atoms with Crippen LogP contribution in [0.1, 0.15) is 30.6 Å². The molecule has 7 heteroatoms. The Morgan fingerprint density at radius 3 is 2.15 bits per heavy atom. The number of hydrogen-bond acceptors (Lipinski definition) is 6. The van der Waals surface area contributed by atoms with Crippen LogP contribution in [0.2, 0.25) is 0 Å². The molecule has 1 fully saturated rings. The van der Waals surface area contributed by atoms with Crippen molar-refractivity contribution in [1.82, 2.24) is 4.90 Å². The second kappa shape index (κ2) is 8.78. The van der Waals surface area contributed by atoms with E-state index in [1.807, 2.05) is 0 Å². The highest BCUT2D eigenvalue weighted by Gasteiger charge is 2.27. The maximum atomic E-state index is 12.4. The van der Waals surface area contributed by atoms with Crippen LogP contribution in [0.25, 0.3) is 0 Å². The van der Waals surface area contributed by atoms with Crippen LogP contribution in [-0.4, -0.2) is 57.8 Å². The molecule has 0 spiro atoms. The first-order valence-corrected chi connectivity index (χ1v) is 8.65. The molecule has 1 saturated heterocycles. The van der Waals surface area contributed by atoms with Gasteiger partial charge >= 0.3 is 5.97 Å². The standard InChI is InChI=1S/C19H27NO6/c1-12-8-13(2)10-20(9-12)16(21)11-26-19(22)14-6-7-15(23-3)18(25-5)17(14)24-4/h6-7,12-13H,8-11H2,1-5H3/t12-,13-/m1/s1. The molecule has 7 nitrogen and oxygen atoms in total. The number of piperidine rings is 1. The van der Waals surface area contributed by atoms with E-state index in [9.17, 15) is 9.59 Å². The topological polar surface area (TPSA) is 74.3 Å². The van der Waals surface area contributed by atoms with Gasteiger partial charge in [-0.2, -0.15) is 0 Å². The Bertz CT molecular complexity index is 650. The lowest BCUT2D eigenvalue weighted by Gasteiger charge is -2.34. The van der Waals surface area contributed by atoms with Crippen LogP contribution in [0.3, 0.4) is 0 Å². The first kappa shape index (κ1) is 19.9. The van der Waals surface area contributed by atoms with Gasteiger partial charge in [-0.1, -0.05) is 13.8 Å². The molecule has 1 amide bonds. The van der Waals surface area contributed by atoms with E-state index in [2.05, 4.69) is 13.8 Å². The number of carbonyl (C=O) groups is 2. The molecule has 1 aromatic carbocycles. The van der Waals surface area contributed by atoms with Crippen molar-refractivity contribution in [2.24, 2.45) is 11.8 Å². The summed E-state index contributed by atoms with van der Waals surface area (Å²) in [6.45, 7) is 5.34. The fourth-order valence-corrected chi connectivity index (χ4v) is 3.42. The van der Waals surface area contributed by atoms with Crippen molar-refractivity contribution < 1.29 is 28.5 Å². The van der Waals surface area contributed by atoms with Gasteiger partial charge < -0.3 is 23.8 Å². The average molecular weight is 365 g/mol. The second-order valence-corrected chi connectivity index (χ2v) is 6.70. The Hall–Kier alpha value is -2.44. The predicted molar refractivity (Wildman–Crippen MR) is 95.9 cm³/mol. The van der Waals surface area contributed by atoms with Crippen LogP contribution in [0.4, 0.5) is 0 Å². The van der Waals surface area contributed by atoms with E-state index in [1.54, 1.807) is 11.0 Å². The van der Waals surface area contributed by atoms with Gasteiger partial charge in [0.05, 0.1) is 21.3 Å². The highest BCUT2D eigenvalue weighted by Crippen LogP contribution is 2.39. The smallest absolute Gasteiger partial charge is 0.342 e. The molecule has 1 aromatic rings. The van der Waals surface area contributed by atoms with Crippen molar-refractivity contribution in [3.8, 4) is 17.2 Å². The molecule has 0 N–H and O–H groups in total. The summed E-state index contributed by atoms with van der Waals surface area (Å²) in [5.74, 6) is 1.02. The molecule has 26 heavy (non-hydrogen) atoms. The third-order valence-corrected chi connectivity index (χ3v) is 4.47. The molecule has 0 unspecified atom stereocenters. The van der Waals surface area contributed by atoms with Crippen molar-refractivity contribution in [3.05, 3.63) is 17.7 Å². The van der Waals surface area contributed by atoms with Crippen LogP contribution < -0.4 is 14.2 Å². The molecule has 0 aromatic heterocycles.